The van der Waals surface area contributed by atoms with E-state index in [4.69, 9.17) is 9.73 Å². The van der Waals surface area contributed by atoms with Crippen LogP contribution in [-0.2, 0) is 4.74 Å². The fourth-order valence-electron chi connectivity index (χ4n) is 2.94. The van der Waals surface area contributed by atoms with Crippen molar-refractivity contribution in [3.05, 3.63) is 0 Å². The van der Waals surface area contributed by atoms with E-state index in [0.717, 1.165) is 45.0 Å². The van der Waals surface area contributed by atoms with Crippen molar-refractivity contribution < 1.29 is 4.74 Å². The Bertz CT molecular complexity index is 295. The maximum absolute atomic E-state index is 5.07. The van der Waals surface area contributed by atoms with Crippen LogP contribution in [0, 0.1) is 0 Å². The third-order valence-corrected chi connectivity index (χ3v) is 4.26. The molecule has 0 amide bonds. The summed E-state index contributed by atoms with van der Waals surface area (Å²) >= 11 is 0. The summed E-state index contributed by atoms with van der Waals surface area (Å²) < 4.78 is 5.07. The first-order valence-corrected chi connectivity index (χ1v) is 9.60. The minimum Gasteiger partial charge on any atom is -0.385 e. The molecular formula is C18H39IN4O. The molecule has 2 N–H and O–H groups in total. The predicted molar refractivity (Wildman–Crippen MR) is 115 cm³/mol. The Balaban J connectivity index is 0.00000529. The van der Waals surface area contributed by atoms with Crippen LogP contribution >= 0.6 is 24.0 Å². The lowest BCUT2D eigenvalue weighted by Crippen LogP contribution is -2.38. The fourth-order valence-corrected chi connectivity index (χ4v) is 2.94. The molecule has 1 fully saturated rings. The largest absolute Gasteiger partial charge is 0.385 e. The van der Waals surface area contributed by atoms with Gasteiger partial charge in [0.15, 0.2) is 5.96 Å². The molecule has 5 nitrogen and oxygen atoms in total. The van der Waals surface area contributed by atoms with E-state index >= 15 is 0 Å². The standard InChI is InChI=1S/C18H38N4O.HI/c1-3-19-18(20-12-7-6-10-17-23-2)21-13-11-16-22-14-8-4-5-9-15-22;/h3-17H2,1-2H3,(H2,19,20,21);1H. The zero-order valence-electron chi connectivity index (χ0n) is 15.8. The summed E-state index contributed by atoms with van der Waals surface area (Å²) in [4.78, 5) is 7.31. The number of likely N-dealkylation sites (tertiary alicyclic amines) is 1. The highest BCUT2D eigenvalue weighted by atomic mass is 127. The number of methoxy groups -OCH3 is 1. The Labute approximate surface area is 166 Å². The average Bonchev–Trinajstić information content (AvgIpc) is 2.83. The minimum absolute atomic E-state index is 0. The zero-order valence-corrected chi connectivity index (χ0v) is 18.1. The number of hydrogen-bond acceptors (Lipinski definition) is 3. The van der Waals surface area contributed by atoms with Crippen molar-refractivity contribution in [2.75, 3.05) is 53.0 Å². The number of ether oxygens (including phenoxy) is 1. The fraction of sp³-hybridized carbons (Fsp3) is 0.944. The SMILES string of the molecule is CCNC(=NCCCN1CCCCCC1)NCCCCCOC.I. The Morgan fingerprint density at radius 2 is 1.75 bits per heavy atom. The first kappa shape index (κ1) is 23.9. The maximum Gasteiger partial charge on any atom is 0.191 e. The summed E-state index contributed by atoms with van der Waals surface area (Å²) in [5.74, 6) is 0.968. The van der Waals surface area contributed by atoms with E-state index in [-0.39, 0.29) is 24.0 Å². The van der Waals surface area contributed by atoms with Crippen LogP contribution in [-0.4, -0.2) is 63.8 Å². The molecule has 0 bridgehead atoms. The van der Waals surface area contributed by atoms with Gasteiger partial charge in [-0.2, -0.15) is 0 Å². The van der Waals surface area contributed by atoms with Gasteiger partial charge in [0.2, 0.25) is 0 Å². The van der Waals surface area contributed by atoms with Crippen molar-refractivity contribution in [2.45, 2.75) is 58.3 Å². The molecule has 6 heteroatoms. The summed E-state index contributed by atoms with van der Waals surface area (Å²) in [5, 5.41) is 6.76. The van der Waals surface area contributed by atoms with Gasteiger partial charge in [-0.3, -0.25) is 4.99 Å². The molecule has 1 heterocycles. The molecule has 0 radical (unpaired) electrons. The second-order valence-corrected chi connectivity index (χ2v) is 6.35. The third kappa shape index (κ3) is 13.2. The molecular weight excluding hydrogens is 415 g/mol. The quantitative estimate of drug-likeness (QED) is 0.218. The molecule has 1 aliphatic heterocycles. The van der Waals surface area contributed by atoms with Gasteiger partial charge in [0, 0.05) is 33.4 Å². The maximum atomic E-state index is 5.07. The number of nitrogens with one attached hydrogen (secondary N) is 2. The van der Waals surface area contributed by atoms with Crippen LogP contribution < -0.4 is 10.6 Å². The molecule has 0 aliphatic carbocycles. The molecule has 0 unspecified atom stereocenters. The molecule has 0 aromatic rings. The van der Waals surface area contributed by atoms with Crippen molar-refractivity contribution in [3.8, 4) is 0 Å². The lowest BCUT2D eigenvalue weighted by molar-refractivity contribution is 0.192. The molecule has 1 aliphatic rings. The van der Waals surface area contributed by atoms with E-state index in [1.54, 1.807) is 7.11 Å². The van der Waals surface area contributed by atoms with E-state index < -0.39 is 0 Å². The molecule has 0 saturated carbocycles. The molecule has 0 aromatic carbocycles. The highest BCUT2D eigenvalue weighted by Crippen LogP contribution is 2.09. The van der Waals surface area contributed by atoms with Gasteiger partial charge < -0.3 is 20.3 Å². The van der Waals surface area contributed by atoms with Crippen molar-refractivity contribution >= 4 is 29.9 Å². The number of guanidine groups is 1. The summed E-state index contributed by atoms with van der Waals surface area (Å²) in [5.41, 5.74) is 0. The van der Waals surface area contributed by atoms with Crippen LogP contribution in [0.1, 0.15) is 58.3 Å². The number of aliphatic imine (C=N–C) groups is 1. The Morgan fingerprint density at radius 1 is 1.00 bits per heavy atom. The molecule has 1 rings (SSSR count). The van der Waals surface area contributed by atoms with Gasteiger partial charge >= 0.3 is 0 Å². The first-order chi connectivity index (χ1) is 11.4. The molecule has 0 spiro atoms. The summed E-state index contributed by atoms with van der Waals surface area (Å²) in [6.07, 6.45) is 10.2. The highest BCUT2D eigenvalue weighted by Gasteiger charge is 2.07. The summed E-state index contributed by atoms with van der Waals surface area (Å²) in [6, 6.07) is 0. The topological polar surface area (TPSA) is 48.9 Å². The molecule has 0 aromatic heterocycles. The van der Waals surface area contributed by atoms with E-state index in [1.165, 1.54) is 58.2 Å². The monoisotopic (exact) mass is 454 g/mol. The van der Waals surface area contributed by atoms with Gasteiger partial charge in [-0.1, -0.05) is 12.8 Å². The smallest absolute Gasteiger partial charge is 0.191 e. The average molecular weight is 454 g/mol. The zero-order chi connectivity index (χ0) is 16.6. The van der Waals surface area contributed by atoms with Gasteiger partial charge in [0.25, 0.3) is 0 Å². The van der Waals surface area contributed by atoms with Crippen molar-refractivity contribution in [1.29, 1.82) is 0 Å². The number of unbranched alkanes of at least 4 members (excludes halogenated alkanes) is 2. The Hall–Kier alpha value is -0.0800. The van der Waals surface area contributed by atoms with E-state index in [1.807, 2.05) is 0 Å². The van der Waals surface area contributed by atoms with Crippen LogP contribution in [0.25, 0.3) is 0 Å². The normalized spacial score (nSPS) is 16.3. The van der Waals surface area contributed by atoms with Crippen LogP contribution in [0.3, 0.4) is 0 Å². The Kier molecular flexibility index (Phi) is 17.7. The number of rotatable bonds is 11. The minimum atomic E-state index is 0. The van der Waals surface area contributed by atoms with E-state index in [0.29, 0.717) is 0 Å². The molecule has 24 heavy (non-hydrogen) atoms. The van der Waals surface area contributed by atoms with E-state index in [9.17, 15) is 0 Å². The van der Waals surface area contributed by atoms with Crippen LogP contribution in [0.15, 0.2) is 4.99 Å². The van der Waals surface area contributed by atoms with Crippen molar-refractivity contribution in [1.82, 2.24) is 15.5 Å². The van der Waals surface area contributed by atoms with Crippen LogP contribution in [0.5, 0.6) is 0 Å². The van der Waals surface area contributed by atoms with Gasteiger partial charge in [-0.25, -0.2) is 0 Å². The number of nitrogens with zero attached hydrogens (tertiary/aromatic N) is 2. The van der Waals surface area contributed by atoms with Crippen LogP contribution in [0.4, 0.5) is 0 Å². The number of halogens is 1. The van der Waals surface area contributed by atoms with Gasteiger partial charge in [0.1, 0.15) is 0 Å². The summed E-state index contributed by atoms with van der Waals surface area (Å²) in [6.45, 7) is 9.56. The van der Waals surface area contributed by atoms with Gasteiger partial charge in [-0.05, 0) is 65.1 Å². The lowest BCUT2D eigenvalue weighted by Gasteiger charge is -2.19. The first-order valence-electron chi connectivity index (χ1n) is 9.60. The molecule has 1 saturated heterocycles. The molecule has 144 valence electrons. The van der Waals surface area contributed by atoms with Crippen molar-refractivity contribution in [3.63, 3.8) is 0 Å². The van der Waals surface area contributed by atoms with Gasteiger partial charge in [-0.15, -0.1) is 24.0 Å². The van der Waals surface area contributed by atoms with Crippen molar-refractivity contribution in [2.24, 2.45) is 4.99 Å². The third-order valence-electron chi connectivity index (χ3n) is 4.26. The predicted octanol–water partition coefficient (Wildman–Crippen LogP) is 3.24. The van der Waals surface area contributed by atoms with Crippen LogP contribution in [0.2, 0.25) is 0 Å². The highest BCUT2D eigenvalue weighted by molar-refractivity contribution is 14.0. The molecule has 0 atom stereocenters. The summed E-state index contributed by atoms with van der Waals surface area (Å²) in [7, 11) is 1.76. The second-order valence-electron chi connectivity index (χ2n) is 6.35. The van der Waals surface area contributed by atoms with E-state index in [2.05, 4.69) is 22.5 Å². The Morgan fingerprint density at radius 3 is 2.42 bits per heavy atom. The number of hydrogen-bond donors (Lipinski definition) is 2. The van der Waals surface area contributed by atoms with Gasteiger partial charge in [0.05, 0.1) is 0 Å². The lowest BCUT2D eigenvalue weighted by atomic mass is 10.2. The second kappa shape index (κ2) is 17.7.